The summed E-state index contributed by atoms with van der Waals surface area (Å²) in [5.74, 6) is 1.22. The normalized spacial score (nSPS) is 11.3. The average molecular weight is 256 g/mol. The third-order valence-electron chi connectivity index (χ3n) is 2.29. The molecule has 0 fully saturated rings. The van der Waals surface area contributed by atoms with E-state index in [9.17, 15) is 0 Å². The van der Waals surface area contributed by atoms with Crippen molar-refractivity contribution >= 4 is 11.6 Å². The van der Waals surface area contributed by atoms with E-state index in [0.717, 1.165) is 13.1 Å². The Hall–Kier alpha value is -1.40. The van der Waals surface area contributed by atoms with Crippen LogP contribution in [0.3, 0.4) is 0 Å². The number of likely N-dealkylation sites (N-methyl/N-ethyl adjacent to an activating group) is 1. The zero-order valence-corrected chi connectivity index (χ0v) is 10.6. The lowest BCUT2D eigenvalue weighted by Gasteiger charge is -2.13. The summed E-state index contributed by atoms with van der Waals surface area (Å²) in [6.07, 6.45) is 3.43. The second-order valence-corrected chi connectivity index (χ2v) is 4.31. The fourth-order valence-electron chi connectivity index (χ4n) is 1.45. The van der Waals surface area contributed by atoms with E-state index in [1.54, 1.807) is 24.0 Å². The van der Waals surface area contributed by atoms with Crippen LogP contribution in [0.25, 0.3) is 0 Å². The Kier molecular flexibility index (Phi) is 3.75. The van der Waals surface area contributed by atoms with Crippen molar-refractivity contribution in [2.75, 3.05) is 13.6 Å². The molecule has 2 heterocycles. The van der Waals surface area contributed by atoms with Gasteiger partial charge in [-0.3, -0.25) is 9.58 Å². The molecule has 0 aliphatic rings. The molecule has 0 saturated heterocycles. The molecule has 2 rings (SSSR count). The van der Waals surface area contributed by atoms with Crippen molar-refractivity contribution in [1.29, 1.82) is 0 Å². The van der Waals surface area contributed by atoms with Crippen LogP contribution in [0.1, 0.15) is 11.8 Å². The number of rotatable bonds is 5. The summed E-state index contributed by atoms with van der Waals surface area (Å²) >= 11 is 5.78. The molecule has 6 nitrogen and oxygen atoms in total. The quantitative estimate of drug-likeness (QED) is 0.807. The van der Waals surface area contributed by atoms with Crippen molar-refractivity contribution in [1.82, 2.24) is 24.9 Å². The molecule has 17 heavy (non-hydrogen) atoms. The van der Waals surface area contributed by atoms with Crippen molar-refractivity contribution in [3.05, 3.63) is 29.2 Å². The van der Waals surface area contributed by atoms with E-state index >= 15 is 0 Å². The molecule has 0 unspecified atom stereocenters. The predicted molar refractivity (Wildman–Crippen MR) is 62.6 cm³/mol. The lowest BCUT2D eigenvalue weighted by Crippen LogP contribution is -2.23. The molecular formula is C10H14ClN5O. The van der Waals surface area contributed by atoms with Crippen LogP contribution in [-0.2, 0) is 13.1 Å². The SMILES string of the molecule is Cc1nnc(CN(C)CCn2cc(Cl)cn2)o1. The number of aromatic nitrogens is 4. The minimum Gasteiger partial charge on any atom is -0.424 e. The molecule has 0 N–H and O–H groups in total. The van der Waals surface area contributed by atoms with Crippen LogP contribution >= 0.6 is 11.6 Å². The summed E-state index contributed by atoms with van der Waals surface area (Å²) in [5, 5.41) is 12.5. The number of nitrogens with zero attached hydrogens (tertiary/aromatic N) is 5. The number of halogens is 1. The molecule has 92 valence electrons. The van der Waals surface area contributed by atoms with Crippen LogP contribution in [0.4, 0.5) is 0 Å². The van der Waals surface area contributed by atoms with Gasteiger partial charge >= 0.3 is 0 Å². The largest absolute Gasteiger partial charge is 0.424 e. The Bertz CT molecular complexity index is 481. The molecule has 0 saturated carbocycles. The number of hydrogen-bond acceptors (Lipinski definition) is 5. The first-order chi connectivity index (χ1) is 8.13. The van der Waals surface area contributed by atoms with Gasteiger partial charge in [-0.05, 0) is 7.05 Å². The summed E-state index contributed by atoms with van der Waals surface area (Å²) < 4.78 is 7.11. The maximum absolute atomic E-state index is 5.78. The second kappa shape index (κ2) is 5.29. The van der Waals surface area contributed by atoms with E-state index in [1.807, 2.05) is 7.05 Å². The number of aryl methyl sites for hydroxylation is 1. The van der Waals surface area contributed by atoms with Gasteiger partial charge in [-0.2, -0.15) is 5.10 Å². The lowest BCUT2D eigenvalue weighted by atomic mass is 10.5. The molecule has 0 bridgehead atoms. The molecular weight excluding hydrogens is 242 g/mol. The molecule has 2 aromatic heterocycles. The minimum atomic E-state index is 0.590. The molecule has 0 spiro atoms. The fraction of sp³-hybridized carbons (Fsp3) is 0.500. The van der Waals surface area contributed by atoms with E-state index in [0.29, 0.717) is 23.3 Å². The Morgan fingerprint density at radius 3 is 2.88 bits per heavy atom. The van der Waals surface area contributed by atoms with E-state index in [4.69, 9.17) is 16.0 Å². The molecule has 0 aliphatic carbocycles. The second-order valence-electron chi connectivity index (χ2n) is 3.87. The van der Waals surface area contributed by atoms with Crippen molar-refractivity contribution in [2.24, 2.45) is 0 Å². The Balaban J connectivity index is 1.79. The highest BCUT2D eigenvalue weighted by Crippen LogP contribution is 2.05. The maximum Gasteiger partial charge on any atom is 0.230 e. The highest BCUT2D eigenvalue weighted by molar-refractivity contribution is 6.30. The first-order valence-corrected chi connectivity index (χ1v) is 5.67. The standard InChI is InChI=1S/C10H14ClN5O/c1-8-13-14-10(17-8)7-15(2)3-4-16-6-9(11)5-12-16/h5-6H,3-4,7H2,1-2H3. The lowest BCUT2D eigenvalue weighted by molar-refractivity contribution is 0.271. The van der Waals surface area contributed by atoms with E-state index in [2.05, 4.69) is 20.2 Å². The smallest absolute Gasteiger partial charge is 0.230 e. The Labute approximate surface area is 104 Å². The molecule has 0 aromatic carbocycles. The van der Waals surface area contributed by atoms with Gasteiger partial charge in [-0.25, -0.2) is 0 Å². The van der Waals surface area contributed by atoms with Crippen LogP contribution in [0.15, 0.2) is 16.8 Å². The number of hydrogen-bond donors (Lipinski definition) is 0. The molecule has 7 heteroatoms. The molecule has 0 aliphatic heterocycles. The van der Waals surface area contributed by atoms with Gasteiger partial charge in [-0.15, -0.1) is 10.2 Å². The van der Waals surface area contributed by atoms with Crippen LogP contribution in [0.5, 0.6) is 0 Å². The molecule has 0 amide bonds. The van der Waals surface area contributed by atoms with Gasteiger partial charge in [0.15, 0.2) is 0 Å². The third kappa shape index (κ3) is 3.54. The minimum absolute atomic E-state index is 0.590. The van der Waals surface area contributed by atoms with Gasteiger partial charge in [0.1, 0.15) is 0 Å². The van der Waals surface area contributed by atoms with Crippen molar-refractivity contribution in [2.45, 2.75) is 20.0 Å². The third-order valence-corrected chi connectivity index (χ3v) is 2.48. The van der Waals surface area contributed by atoms with Crippen LogP contribution in [0, 0.1) is 6.92 Å². The van der Waals surface area contributed by atoms with Crippen molar-refractivity contribution in [3.8, 4) is 0 Å². The zero-order valence-electron chi connectivity index (χ0n) is 9.80. The summed E-state index contributed by atoms with van der Waals surface area (Å²) in [5.41, 5.74) is 0. The maximum atomic E-state index is 5.78. The topological polar surface area (TPSA) is 60.0 Å². The Morgan fingerprint density at radius 2 is 2.29 bits per heavy atom. The monoisotopic (exact) mass is 255 g/mol. The zero-order chi connectivity index (χ0) is 12.3. The van der Waals surface area contributed by atoms with Crippen molar-refractivity contribution < 1.29 is 4.42 Å². The summed E-state index contributed by atoms with van der Waals surface area (Å²) in [7, 11) is 1.99. The molecule has 2 aromatic rings. The van der Waals surface area contributed by atoms with Crippen LogP contribution < -0.4 is 0 Å². The van der Waals surface area contributed by atoms with E-state index in [1.165, 1.54) is 0 Å². The van der Waals surface area contributed by atoms with Gasteiger partial charge < -0.3 is 4.42 Å². The average Bonchev–Trinajstić information content (AvgIpc) is 2.85. The summed E-state index contributed by atoms with van der Waals surface area (Å²) in [6, 6.07) is 0. The van der Waals surface area contributed by atoms with Crippen molar-refractivity contribution in [3.63, 3.8) is 0 Å². The van der Waals surface area contributed by atoms with E-state index in [-0.39, 0.29) is 0 Å². The summed E-state index contributed by atoms with van der Waals surface area (Å²) in [6.45, 7) is 4.02. The van der Waals surface area contributed by atoms with Gasteiger partial charge in [-0.1, -0.05) is 11.6 Å². The van der Waals surface area contributed by atoms with Crippen LogP contribution in [-0.4, -0.2) is 38.5 Å². The fourth-order valence-corrected chi connectivity index (χ4v) is 1.60. The first kappa shape index (κ1) is 12.1. The van der Waals surface area contributed by atoms with Crippen LogP contribution in [0.2, 0.25) is 5.02 Å². The molecule has 0 atom stereocenters. The van der Waals surface area contributed by atoms with Gasteiger partial charge in [0.25, 0.3) is 0 Å². The van der Waals surface area contributed by atoms with Gasteiger partial charge in [0.2, 0.25) is 11.8 Å². The summed E-state index contributed by atoms with van der Waals surface area (Å²) in [4.78, 5) is 2.09. The highest BCUT2D eigenvalue weighted by atomic mass is 35.5. The highest BCUT2D eigenvalue weighted by Gasteiger charge is 2.06. The first-order valence-electron chi connectivity index (χ1n) is 5.29. The van der Waals surface area contributed by atoms with Gasteiger partial charge in [0.05, 0.1) is 24.3 Å². The van der Waals surface area contributed by atoms with Gasteiger partial charge in [0, 0.05) is 19.7 Å². The molecule has 0 radical (unpaired) electrons. The van der Waals surface area contributed by atoms with E-state index < -0.39 is 0 Å². The Morgan fingerprint density at radius 1 is 1.47 bits per heavy atom. The predicted octanol–water partition coefficient (Wildman–Crippen LogP) is 1.36.